The maximum atomic E-state index is 5.97. The minimum Gasteiger partial charge on any atom is -0.497 e. The lowest BCUT2D eigenvalue weighted by atomic mass is 10.1. The molecule has 4 heteroatoms. The van der Waals surface area contributed by atoms with Gasteiger partial charge in [-0.3, -0.25) is 0 Å². The molecule has 4 nitrogen and oxygen atoms in total. The Hall–Kier alpha value is -3.53. The van der Waals surface area contributed by atoms with Gasteiger partial charge in [0, 0.05) is 0 Å². The molecule has 0 radical (unpaired) electrons. The second-order valence-corrected chi connectivity index (χ2v) is 7.34. The molecule has 1 heterocycles. The predicted molar refractivity (Wildman–Crippen MR) is 121 cm³/mol. The van der Waals surface area contributed by atoms with E-state index in [0.29, 0.717) is 0 Å². The normalized spacial score (nSPS) is 11.7. The van der Waals surface area contributed by atoms with Crippen molar-refractivity contribution >= 4 is 16.5 Å². The van der Waals surface area contributed by atoms with Crippen LogP contribution in [0.3, 0.4) is 0 Å². The van der Waals surface area contributed by atoms with Crippen LogP contribution in [0.2, 0.25) is 0 Å². The fourth-order valence-electron chi connectivity index (χ4n) is 3.80. The van der Waals surface area contributed by atoms with E-state index < -0.39 is 0 Å². The molecule has 0 aliphatic carbocycles. The van der Waals surface area contributed by atoms with Gasteiger partial charge in [-0.25, -0.2) is 4.99 Å². The van der Waals surface area contributed by atoms with Crippen LogP contribution in [-0.2, 0) is 0 Å². The molecule has 0 unspecified atom stereocenters. The molecule has 152 valence electrons. The number of rotatable bonds is 4. The maximum absolute atomic E-state index is 5.97. The first-order valence-corrected chi connectivity index (χ1v) is 9.88. The van der Waals surface area contributed by atoms with Gasteiger partial charge in [0.15, 0.2) is 0 Å². The van der Waals surface area contributed by atoms with Gasteiger partial charge in [-0.2, -0.15) is 0 Å². The lowest BCUT2D eigenvalue weighted by Gasteiger charge is -2.04. The van der Waals surface area contributed by atoms with E-state index in [4.69, 9.17) is 18.9 Å². The van der Waals surface area contributed by atoms with Gasteiger partial charge in [-0.05, 0) is 73.9 Å². The van der Waals surface area contributed by atoms with Gasteiger partial charge in [0.05, 0.1) is 36.0 Å². The van der Waals surface area contributed by atoms with E-state index in [-0.39, 0.29) is 0 Å². The maximum Gasteiger partial charge on any atom is 0.130 e. The van der Waals surface area contributed by atoms with Crippen LogP contribution in [0.5, 0.6) is 11.5 Å². The van der Waals surface area contributed by atoms with Crippen molar-refractivity contribution in [3.05, 3.63) is 83.1 Å². The number of nitrogens with zero attached hydrogens (tertiary/aromatic N) is 1. The number of ether oxygens (including phenoxy) is 2. The van der Waals surface area contributed by atoms with Crippen molar-refractivity contribution < 1.29 is 13.9 Å². The van der Waals surface area contributed by atoms with Gasteiger partial charge in [-0.1, -0.05) is 24.3 Å². The largest absolute Gasteiger partial charge is 0.497 e. The number of methoxy groups -OCH3 is 2. The summed E-state index contributed by atoms with van der Waals surface area (Å²) in [4.78, 5) is 5.00. The average molecular weight is 399 g/mol. The van der Waals surface area contributed by atoms with Crippen molar-refractivity contribution in [2.45, 2.75) is 20.8 Å². The summed E-state index contributed by atoms with van der Waals surface area (Å²) in [6.45, 7) is 6.00. The average Bonchev–Trinajstić information content (AvgIpc) is 2.93. The monoisotopic (exact) mass is 399 g/mol. The first-order chi connectivity index (χ1) is 14.5. The molecule has 0 spiro atoms. The molecule has 0 fully saturated rings. The summed E-state index contributed by atoms with van der Waals surface area (Å²) < 4.78 is 17.1. The number of benzene rings is 2. The molecule has 0 N–H and O–H groups in total. The van der Waals surface area contributed by atoms with E-state index in [2.05, 4.69) is 25.1 Å². The Kier molecular flexibility index (Phi) is 5.32. The molecule has 0 saturated heterocycles. The van der Waals surface area contributed by atoms with Crippen molar-refractivity contribution in [2.24, 2.45) is 4.99 Å². The molecule has 0 aliphatic rings. The fourth-order valence-corrected chi connectivity index (χ4v) is 3.80. The molecular formula is C26H25NO3. The Morgan fingerprint density at radius 3 is 2.13 bits per heavy atom. The Bertz CT molecular complexity index is 1280. The molecule has 30 heavy (non-hydrogen) atoms. The highest BCUT2D eigenvalue weighted by molar-refractivity contribution is 5.93. The standard InChI is InChI=1S/C26H25NO3/c1-16-7-6-8-21(13-16)27-23-14-20(19-9-11-22(28-4)12-10-19)15-24(29-5)26-18(3)30-17(2)25(23)26/h6-15H,1-5H3. The highest BCUT2D eigenvalue weighted by Gasteiger charge is 2.15. The third kappa shape index (κ3) is 3.69. The summed E-state index contributed by atoms with van der Waals surface area (Å²) in [7, 11) is 3.35. The number of hydrogen-bond acceptors (Lipinski definition) is 4. The van der Waals surface area contributed by atoms with Crippen LogP contribution in [0.25, 0.3) is 21.9 Å². The highest BCUT2D eigenvalue weighted by Crippen LogP contribution is 2.34. The molecule has 0 bridgehead atoms. The van der Waals surface area contributed by atoms with Crippen molar-refractivity contribution in [2.75, 3.05) is 14.2 Å². The first kappa shape index (κ1) is 19.8. The number of hydrogen-bond donors (Lipinski definition) is 0. The zero-order chi connectivity index (χ0) is 21.3. The third-order valence-corrected chi connectivity index (χ3v) is 5.24. The minimum atomic E-state index is 0.760. The molecule has 0 atom stereocenters. The molecule has 1 aromatic heterocycles. The third-order valence-electron chi connectivity index (χ3n) is 5.24. The Morgan fingerprint density at radius 1 is 0.733 bits per heavy atom. The molecule has 4 aromatic rings. The minimum absolute atomic E-state index is 0.760. The molecule has 4 rings (SSSR count). The molecule has 0 amide bonds. The van der Waals surface area contributed by atoms with Gasteiger partial charge in [-0.15, -0.1) is 0 Å². The predicted octanol–water partition coefficient (Wildman–Crippen LogP) is 6.27. The van der Waals surface area contributed by atoms with E-state index in [1.165, 1.54) is 5.56 Å². The summed E-state index contributed by atoms with van der Waals surface area (Å²) in [6.07, 6.45) is 0. The fraction of sp³-hybridized carbons (Fsp3) is 0.192. The zero-order valence-electron chi connectivity index (χ0n) is 17.9. The Balaban J connectivity index is 2.10. The summed E-state index contributed by atoms with van der Waals surface area (Å²) in [6, 6.07) is 20.3. The van der Waals surface area contributed by atoms with Crippen LogP contribution >= 0.6 is 0 Å². The molecule has 0 saturated carbocycles. The van der Waals surface area contributed by atoms with Gasteiger partial charge in [0.1, 0.15) is 23.0 Å². The highest BCUT2D eigenvalue weighted by atomic mass is 16.5. The second-order valence-electron chi connectivity index (χ2n) is 7.34. The Labute approximate surface area is 176 Å². The van der Waals surface area contributed by atoms with Crippen molar-refractivity contribution in [3.63, 3.8) is 0 Å². The van der Waals surface area contributed by atoms with Crippen molar-refractivity contribution in [1.29, 1.82) is 0 Å². The lowest BCUT2D eigenvalue weighted by molar-refractivity contribution is 0.415. The van der Waals surface area contributed by atoms with Crippen molar-refractivity contribution in [1.82, 2.24) is 0 Å². The number of aryl methyl sites for hydroxylation is 3. The topological polar surface area (TPSA) is 44.0 Å². The lowest BCUT2D eigenvalue weighted by Crippen LogP contribution is -2.00. The van der Waals surface area contributed by atoms with Crippen LogP contribution < -0.4 is 14.8 Å². The summed E-state index contributed by atoms with van der Waals surface area (Å²) >= 11 is 0. The van der Waals surface area contributed by atoms with Crippen LogP contribution in [-0.4, -0.2) is 14.2 Å². The van der Waals surface area contributed by atoms with Gasteiger partial charge >= 0.3 is 0 Å². The number of furan rings is 1. The van der Waals surface area contributed by atoms with Crippen LogP contribution in [0.4, 0.5) is 5.69 Å². The number of fused-ring (bicyclic) bond motifs is 1. The first-order valence-electron chi connectivity index (χ1n) is 9.88. The Morgan fingerprint density at radius 2 is 1.47 bits per heavy atom. The second kappa shape index (κ2) is 8.07. The smallest absolute Gasteiger partial charge is 0.130 e. The summed E-state index contributed by atoms with van der Waals surface area (Å²) in [5, 5.41) is 2.76. The van der Waals surface area contributed by atoms with Gasteiger partial charge in [0.25, 0.3) is 0 Å². The van der Waals surface area contributed by atoms with Crippen molar-refractivity contribution in [3.8, 4) is 22.6 Å². The van der Waals surface area contributed by atoms with E-state index in [1.807, 2.05) is 56.3 Å². The van der Waals surface area contributed by atoms with E-state index in [1.54, 1.807) is 14.2 Å². The SMILES string of the molecule is COc1ccc(-c2cc(OC)c3c(C)oc(C)c3c(=Nc3cccc(C)c3)c2)cc1. The van der Waals surface area contributed by atoms with E-state index >= 15 is 0 Å². The molecule has 0 aliphatic heterocycles. The van der Waals surface area contributed by atoms with Crippen LogP contribution in [0.1, 0.15) is 17.1 Å². The summed E-state index contributed by atoms with van der Waals surface area (Å²) in [5.74, 6) is 3.22. The van der Waals surface area contributed by atoms with Crippen LogP contribution in [0.15, 0.2) is 70.1 Å². The van der Waals surface area contributed by atoms with E-state index in [0.717, 1.165) is 56.0 Å². The molecule has 3 aromatic carbocycles. The quantitative estimate of drug-likeness (QED) is 0.406. The molecular weight excluding hydrogens is 374 g/mol. The summed E-state index contributed by atoms with van der Waals surface area (Å²) in [5.41, 5.74) is 4.14. The zero-order valence-corrected chi connectivity index (χ0v) is 17.9. The van der Waals surface area contributed by atoms with Gasteiger partial charge < -0.3 is 13.9 Å². The van der Waals surface area contributed by atoms with Gasteiger partial charge in [0.2, 0.25) is 0 Å². The van der Waals surface area contributed by atoms with Crippen LogP contribution in [0, 0.1) is 20.8 Å². The van der Waals surface area contributed by atoms with E-state index in [9.17, 15) is 0 Å².